The van der Waals surface area contributed by atoms with Gasteiger partial charge in [-0.1, -0.05) is 32.0 Å². The molecule has 0 saturated heterocycles. The maximum atomic E-state index is 13.8. The highest BCUT2D eigenvalue weighted by molar-refractivity contribution is 5.98. The molecule has 0 aliphatic carbocycles. The Morgan fingerprint density at radius 1 is 1.16 bits per heavy atom. The molecule has 0 fully saturated rings. The predicted molar refractivity (Wildman–Crippen MR) is 115 cm³/mol. The molecule has 0 unspecified atom stereocenters. The number of benzene rings is 1. The van der Waals surface area contributed by atoms with Crippen LogP contribution in [0.5, 0.6) is 0 Å². The second kappa shape index (κ2) is 8.14. The molecule has 0 spiro atoms. The lowest BCUT2D eigenvalue weighted by molar-refractivity contribution is 0.0838. The van der Waals surface area contributed by atoms with E-state index in [9.17, 15) is 14.0 Å². The number of rotatable bonds is 5. The number of pyridine rings is 1. The van der Waals surface area contributed by atoms with E-state index in [0.29, 0.717) is 28.2 Å². The monoisotopic (exact) mass is 419 g/mol. The Labute approximate surface area is 178 Å². The van der Waals surface area contributed by atoms with E-state index in [2.05, 4.69) is 15.4 Å². The highest BCUT2D eigenvalue weighted by Gasteiger charge is 2.17. The van der Waals surface area contributed by atoms with Gasteiger partial charge in [0.2, 0.25) is 5.91 Å². The molecular formula is C23H22FN5O2. The van der Waals surface area contributed by atoms with Gasteiger partial charge >= 0.3 is 0 Å². The van der Waals surface area contributed by atoms with Gasteiger partial charge in [-0.15, -0.1) is 0 Å². The molecule has 158 valence electrons. The van der Waals surface area contributed by atoms with Crippen molar-refractivity contribution in [1.29, 1.82) is 0 Å². The van der Waals surface area contributed by atoms with Gasteiger partial charge in [0.15, 0.2) is 0 Å². The van der Waals surface area contributed by atoms with E-state index in [0.717, 1.165) is 5.39 Å². The second-order valence-electron chi connectivity index (χ2n) is 7.64. The van der Waals surface area contributed by atoms with Crippen LogP contribution < -0.4 is 5.32 Å². The molecule has 0 radical (unpaired) electrons. The van der Waals surface area contributed by atoms with Crippen LogP contribution in [0.15, 0.2) is 54.9 Å². The molecular weight excluding hydrogens is 397 g/mol. The Kier molecular flexibility index (Phi) is 5.37. The second-order valence-corrected chi connectivity index (χ2v) is 7.64. The van der Waals surface area contributed by atoms with E-state index in [1.807, 2.05) is 26.0 Å². The van der Waals surface area contributed by atoms with Crippen LogP contribution in [0.4, 0.5) is 4.39 Å². The third-order valence-corrected chi connectivity index (χ3v) is 5.10. The Morgan fingerprint density at radius 2 is 1.94 bits per heavy atom. The summed E-state index contributed by atoms with van der Waals surface area (Å²) in [5.41, 5.74) is 2.82. The Bertz CT molecular complexity index is 1290. The first-order valence-corrected chi connectivity index (χ1v) is 9.92. The molecule has 4 aromatic rings. The van der Waals surface area contributed by atoms with Crippen molar-refractivity contribution in [3.63, 3.8) is 0 Å². The summed E-state index contributed by atoms with van der Waals surface area (Å²) < 4.78 is 16.8. The molecule has 1 amide bonds. The minimum absolute atomic E-state index is 0.0920. The Hall–Kier alpha value is -3.81. The largest absolute Gasteiger partial charge is 0.347 e. The van der Waals surface area contributed by atoms with Crippen LogP contribution in [0.25, 0.3) is 22.3 Å². The highest BCUT2D eigenvalue weighted by Crippen LogP contribution is 2.23. The molecule has 0 atom stereocenters. The number of halogens is 1. The van der Waals surface area contributed by atoms with Crippen LogP contribution in [0.2, 0.25) is 0 Å². The van der Waals surface area contributed by atoms with Gasteiger partial charge in [-0.3, -0.25) is 9.59 Å². The topological polar surface area (TPSA) is 81.8 Å². The number of hydrogen-bond donors (Lipinski definition) is 1. The van der Waals surface area contributed by atoms with Crippen molar-refractivity contribution in [3.8, 4) is 11.3 Å². The average Bonchev–Trinajstić information content (AvgIpc) is 3.37. The van der Waals surface area contributed by atoms with Gasteiger partial charge in [0, 0.05) is 42.2 Å². The zero-order valence-corrected chi connectivity index (χ0v) is 17.5. The molecule has 0 aliphatic heterocycles. The molecule has 4 rings (SSSR count). The van der Waals surface area contributed by atoms with Crippen LogP contribution >= 0.6 is 0 Å². The van der Waals surface area contributed by atoms with E-state index < -0.39 is 0 Å². The molecule has 3 aromatic heterocycles. The normalized spacial score (nSPS) is 11.3. The van der Waals surface area contributed by atoms with Crippen LogP contribution in [0.1, 0.15) is 34.7 Å². The number of nitrogens with one attached hydrogen (secondary N) is 1. The van der Waals surface area contributed by atoms with Crippen molar-refractivity contribution < 1.29 is 14.0 Å². The van der Waals surface area contributed by atoms with Crippen molar-refractivity contribution in [2.75, 3.05) is 0 Å². The molecule has 1 N–H and O–H groups in total. The summed E-state index contributed by atoms with van der Waals surface area (Å²) in [7, 11) is 1.75. The van der Waals surface area contributed by atoms with Crippen LogP contribution in [-0.2, 0) is 13.6 Å². The third kappa shape index (κ3) is 3.96. The van der Waals surface area contributed by atoms with E-state index in [1.54, 1.807) is 48.3 Å². The highest BCUT2D eigenvalue weighted by atomic mass is 19.1. The summed E-state index contributed by atoms with van der Waals surface area (Å²) >= 11 is 0. The summed E-state index contributed by atoms with van der Waals surface area (Å²) in [5, 5.41) is 7.69. The molecule has 0 bridgehead atoms. The van der Waals surface area contributed by atoms with Gasteiger partial charge in [-0.05, 0) is 24.3 Å². The molecule has 31 heavy (non-hydrogen) atoms. The van der Waals surface area contributed by atoms with Gasteiger partial charge in [0.1, 0.15) is 17.2 Å². The first-order valence-electron chi connectivity index (χ1n) is 9.92. The fraction of sp³-hybridized carbons (Fsp3) is 0.217. The number of nitrogens with zero attached hydrogens (tertiary/aromatic N) is 4. The first-order chi connectivity index (χ1) is 14.8. The minimum atomic E-state index is -0.359. The van der Waals surface area contributed by atoms with Crippen molar-refractivity contribution >= 4 is 22.8 Å². The minimum Gasteiger partial charge on any atom is -0.347 e. The van der Waals surface area contributed by atoms with Crippen molar-refractivity contribution in [3.05, 3.63) is 71.9 Å². The van der Waals surface area contributed by atoms with Gasteiger partial charge in [-0.25, -0.2) is 14.1 Å². The predicted octanol–water partition coefficient (Wildman–Crippen LogP) is 3.80. The maximum absolute atomic E-state index is 13.8. The van der Waals surface area contributed by atoms with Gasteiger partial charge in [0.05, 0.1) is 11.9 Å². The molecule has 8 heteroatoms. The number of aromatic nitrogens is 4. The van der Waals surface area contributed by atoms with E-state index in [4.69, 9.17) is 0 Å². The Morgan fingerprint density at radius 3 is 2.68 bits per heavy atom. The van der Waals surface area contributed by atoms with E-state index in [1.165, 1.54) is 10.7 Å². The fourth-order valence-corrected chi connectivity index (χ4v) is 3.33. The average molecular weight is 419 g/mol. The molecule has 1 aromatic carbocycles. The fourth-order valence-electron chi connectivity index (χ4n) is 3.33. The van der Waals surface area contributed by atoms with Crippen LogP contribution in [-0.4, -0.2) is 31.1 Å². The number of amides is 1. The zero-order valence-electron chi connectivity index (χ0n) is 17.5. The van der Waals surface area contributed by atoms with Gasteiger partial charge in [0.25, 0.3) is 5.91 Å². The summed E-state index contributed by atoms with van der Waals surface area (Å²) in [5.74, 6) is -0.940. The first kappa shape index (κ1) is 20.5. The summed E-state index contributed by atoms with van der Waals surface area (Å²) in [6.07, 6.45) is 3.25. The maximum Gasteiger partial charge on any atom is 0.268 e. The lowest BCUT2D eigenvalue weighted by Crippen LogP contribution is -2.25. The molecule has 3 heterocycles. The standard InChI is InChI=1S/C23H22FN5O2/c1-14(2)23(31)29-13-17(12-26-29)19-9-8-15-10-20(28(3)21(15)27-19)22(30)25-11-16-6-4-5-7-18(16)24/h4-10,12-14H,11H2,1-3H3,(H,25,30). The van der Waals surface area contributed by atoms with E-state index in [-0.39, 0.29) is 30.1 Å². The molecule has 0 saturated carbocycles. The quantitative estimate of drug-likeness (QED) is 0.533. The summed E-state index contributed by atoms with van der Waals surface area (Å²) in [4.78, 5) is 29.5. The van der Waals surface area contributed by atoms with Crippen molar-refractivity contribution in [2.45, 2.75) is 20.4 Å². The molecule has 7 nitrogen and oxygen atoms in total. The SMILES string of the molecule is CC(C)C(=O)n1cc(-c2ccc3cc(C(=O)NCc4ccccc4F)n(C)c3n2)cn1. The smallest absolute Gasteiger partial charge is 0.268 e. The lowest BCUT2D eigenvalue weighted by Gasteiger charge is -2.07. The number of carbonyl (C=O) groups is 2. The third-order valence-electron chi connectivity index (χ3n) is 5.10. The lowest BCUT2D eigenvalue weighted by atomic mass is 10.2. The van der Waals surface area contributed by atoms with Crippen molar-refractivity contribution in [2.24, 2.45) is 13.0 Å². The van der Waals surface area contributed by atoms with E-state index >= 15 is 0 Å². The van der Waals surface area contributed by atoms with Crippen LogP contribution in [0, 0.1) is 11.7 Å². The Balaban J connectivity index is 1.59. The number of aryl methyl sites for hydroxylation is 1. The van der Waals surface area contributed by atoms with Crippen LogP contribution in [0.3, 0.4) is 0 Å². The molecule has 0 aliphatic rings. The summed E-state index contributed by atoms with van der Waals surface area (Å²) in [6, 6.07) is 11.8. The number of carbonyl (C=O) groups excluding carboxylic acids is 2. The van der Waals surface area contributed by atoms with Crippen molar-refractivity contribution in [1.82, 2.24) is 24.6 Å². The van der Waals surface area contributed by atoms with Gasteiger partial charge < -0.3 is 9.88 Å². The summed E-state index contributed by atoms with van der Waals surface area (Å²) in [6.45, 7) is 3.72. The number of hydrogen-bond acceptors (Lipinski definition) is 4. The zero-order chi connectivity index (χ0) is 22.1. The van der Waals surface area contributed by atoms with Gasteiger partial charge in [-0.2, -0.15) is 5.10 Å². The number of fused-ring (bicyclic) bond motifs is 1.